The van der Waals surface area contributed by atoms with Crippen LogP contribution in [0.15, 0.2) is 30.3 Å². The summed E-state index contributed by atoms with van der Waals surface area (Å²) in [6.07, 6.45) is 5.14. The number of benzene rings is 1. The summed E-state index contributed by atoms with van der Waals surface area (Å²) in [5.74, 6) is 0.122. The number of para-hydroxylation sites is 1. The lowest BCUT2D eigenvalue weighted by Crippen LogP contribution is -2.54. The summed E-state index contributed by atoms with van der Waals surface area (Å²) >= 11 is 0. The van der Waals surface area contributed by atoms with E-state index in [1.807, 2.05) is 13.0 Å². The van der Waals surface area contributed by atoms with E-state index in [1.165, 1.54) is 5.69 Å². The number of halogens is 2. The van der Waals surface area contributed by atoms with Crippen LogP contribution in [0.25, 0.3) is 0 Å². The second-order valence-electron chi connectivity index (χ2n) is 7.08. The first kappa shape index (κ1) is 21.1. The lowest BCUT2D eigenvalue weighted by Gasteiger charge is -2.37. The molecule has 1 saturated heterocycles. The van der Waals surface area contributed by atoms with Crippen molar-refractivity contribution in [2.75, 3.05) is 18.0 Å². The van der Waals surface area contributed by atoms with Gasteiger partial charge in [0.15, 0.2) is 0 Å². The van der Waals surface area contributed by atoms with Gasteiger partial charge in [0.2, 0.25) is 5.91 Å². The number of hydrogen-bond acceptors (Lipinski definition) is 3. The summed E-state index contributed by atoms with van der Waals surface area (Å²) in [6.45, 7) is 3.92. The summed E-state index contributed by atoms with van der Waals surface area (Å²) in [6, 6.07) is 10.6. The van der Waals surface area contributed by atoms with Crippen molar-refractivity contribution in [3.63, 3.8) is 0 Å². The molecule has 3 N–H and O–H groups in total. The largest absolute Gasteiger partial charge is 0.369 e. The van der Waals surface area contributed by atoms with Gasteiger partial charge in [-0.1, -0.05) is 31.0 Å². The summed E-state index contributed by atoms with van der Waals surface area (Å²) in [7, 11) is 0. The zero-order valence-electron chi connectivity index (χ0n) is 14.2. The zero-order chi connectivity index (χ0) is 15.6. The Balaban J connectivity index is 0.00000144. The average molecular weight is 374 g/mol. The SMILES string of the molecule is CC1(N)CCCCC1C(=O)NC1CCN(c2ccccc2)C1.Cl.Cl. The Labute approximate surface area is 157 Å². The lowest BCUT2D eigenvalue weighted by molar-refractivity contribution is -0.128. The highest BCUT2D eigenvalue weighted by molar-refractivity contribution is 5.85. The molecule has 2 aliphatic rings. The highest BCUT2D eigenvalue weighted by atomic mass is 35.5. The van der Waals surface area contributed by atoms with E-state index < -0.39 is 0 Å². The van der Waals surface area contributed by atoms with Gasteiger partial charge in [-0.25, -0.2) is 0 Å². The van der Waals surface area contributed by atoms with Crippen LogP contribution >= 0.6 is 24.8 Å². The molecule has 3 rings (SSSR count). The number of amides is 1. The van der Waals surface area contributed by atoms with Gasteiger partial charge in [-0.2, -0.15) is 0 Å². The second-order valence-corrected chi connectivity index (χ2v) is 7.08. The number of anilines is 1. The molecule has 1 aromatic carbocycles. The van der Waals surface area contributed by atoms with Gasteiger partial charge in [-0.05, 0) is 38.3 Å². The normalized spacial score (nSPS) is 29.3. The third-order valence-corrected chi connectivity index (χ3v) is 5.23. The average Bonchev–Trinajstić information content (AvgIpc) is 2.96. The topological polar surface area (TPSA) is 58.4 Å². The number of carbonyl (C=O) groups excluding carboxylic acids is 1. The smallest absolute Gasteiger partial charge is 0.225 e. The minimum absolute atomic E-state index is 0. The van der Waals surface area contributed by atoms with Gasteiger partial charge in [-0.15, -0.1) is 24.8 Å². The van der Waals surface area contributed by atoms with E-state index in [4.69, 9.17) is 5.73 Å². The number of hydrogen-bond donors (Lipinski definition) is 2. The Morgan fingerprint density at radius 1 is 1.21 bits per heavy atom. The maximum absolute atomic E-state index is 12.6. The highest BCUT2D eigenvalue weighted by Gasteiger charge is 2.38. The minimum Gasteiger partial charge on any atom is -0.369 e. The van der Waals surface area contributed by atoms with Gasteiger partial charge in [-0.3, -0.25) is 4.79 Å². The molecule has 0 aromatic heterocycles. The Morgan fingerprint density at radius 3 is 2.58 bits per heavy atom. The Kier molecular flexibility index (Phi) is 7.84. The van der Waals surface area contributed by atoms with Crippen molar-refractivity contribution in [1.29, 1.82) is 0 Å². The molecule has 3 unspecified atom stereocenters. The molecule has 0 spiro atoms. The van der Waals surface area contributed by atoms with E-state index in [1.54, 1.807) is 0 Å². The van der Waals surface area contributed by atoms with Crippen LogP contribution in [0, 0.1) is 5.92 Å². The molecule has 0 radical (unpaired) electrons. The molecule has 0 bridgehead atoms. The summed E-state index contributed by atoms with van der Waals surface area (Å²) in [5.41, 5.74) is 7.23. The molecule has 24 heavy (non-hydrogen) atoms. The first-order valence-electron chi connectivity index (χ1n) is 8.45. The van der Waals surface area contributed by atoms with Crippen molar-refractivity contribution in [3.8, 4) is 0 Å². The molecule has 1 aliphatic carbocycles. The maximum atomic E-state index is 12.6. The first-order chi connectivity index (χ1) is 10.6. The summed E-state index contributed by atoms with van der Waals surface area (Å²) < 4.78 is 0. The van der Waals surface area contributed by atoms with Crippen molar-refractivity contribution in [2.45, 2.75) is 50.6 Å². The number of carbonyl (C=O) groups is 1. The molecular weight excluding hydrogens is 345 g/mol. The first-order valence-corrected chi connectivity index (χ1v) is 8.45. The number of rotatable bonds is 3. The van der Waals surface area contributed by atoms with Crippen molar-refractivity contribution in [2.24, 2.45) is 11.7 Å². The van der Waals surface area contributed by atoms with Gasteiger partial charge in [0.25, 0.3) is 0 Å². The molecule has 136 valence electrons. The van der Waals surface area contributed by atoms with Crippen LogP contribution in [-0.4, -0.2) is 30.6 Å². The minimum atomic E-state index is -0.347. The molecule has 1 saturated carbocycles. The predicted molar refractivity (Wildman–Crippen MR) is 104 cm³/mol. The molecule has 1 amide bonds. The van der Waals surface area contributed by atoms with Crippen LogP contribution in [0.2, 0.25) is 0 Å². The van der Waals surface area contributed by atoms with E-state index in [-0.39, 0.29) is 48.2 Å². The van der Waals surface area contributed by atoms with Crippen LogP contribution in [0.5, 0.6) is 0 Å². The fourth-order valence-electron chi connectivity index (χ4n) is 3.84. The molecule has 6 heteroatoms. The standard InChI is InChI=1S/C18H27N3O.2ClH/c1-18(19)11-6-5-9-16(18)17(22)20-14-10-12-21(13-14)15-7-3-2-4-8-15;;/h2-4,7-8,14,16H,5-6,9-13,19H2,1H3,(H,20,22);2*1H. The van der Waals surface area contributed by atoms with Gasteiger partial charge in [0, 0.05) is 30.4 Å². The number of nitrogens with two attached hydrogens (primary N) is 1. The monoisotopic (exact) mass is 373 g/mol. The van der Waals surface area contributed by atoms with Gasteiger partial charge in [0.05, 0.1) is 5.92 Å². The number of nitrogens with zero attached hydrogens (tertiary/aromatic N) is 1. The van der Waals surface area contributed by atoms with E-state index in [9.17, 15) is 4.79 Å². The van der Waals surface area contributed by atoms with Gasteiger partial charge in [0.1, 0.15) is 0 Å². The lowest BCUT2D eigenvalue weighted by atomic mass is 9.74. The van der Waals surface area contributed by atoms with Crippen molar-refractivity contribution in [3.05, 3.63) is 30.3 Å². The van der Waals surface area contributed by atoms with Crippen molar-refractivity contribution >= 4 is 36.4 Å². The molecule has 1 aromatic rings. The van der Waals surface area contributed by atoms with Crippen LogP contribution in [0.4, 0.5) is 5.69 Å². The quantitative estimate of drug-likeness (QED) is 0.855. The van der Waals surface area contributed by atoms with E-state index in [0.29, 0.717) is 0 Å². The molecule has 1 aliphatic heterocycles. The second kappa shape index (κ2) is 8.93. The molecule has 1 heterocycles. The van der Waals surface area contributed by atoms with Gasteiger partial charge < -0.3 is 16.0 Å². The van der Waals surface area contributed by atoms with Crippen molar-refractivity contribution in [1.82, 2.24) is 5.32 Å². The van der Waals surface area contributed by atoms with E-state index in [2.05, 4.69) is 34.5 Å². The Bertz CT molecular complexity index is 524. The molecule has 3 atom stereocenters. The summed E-state index contributed by atoms with van der Waals surface area (Å²) in [5, 5.41) is 3.24. The Hall–Kier alpha value is -0.970. The van der Waals surface area contributed by atoms with Crippen molar-refractivity contribution < 1.29 is 4.79 Å². The third-order valence-electron chi connectivity index (χ3n) is 5.23. The van der Waals surface area contributed by atoms with Crippen LogP contribution in [0.3, 0.4) is 0 Å². The third kappa shape index (κ3) is 4.78. The molecule has 2 fully saturated rings. The fourth-order valence-corrected chi connectivity index (χ4v) is 3.84. The number of nitrogens with one attached hydrogen (secondary N) is 1. The van der Waals surface area contributed by atoms with Crippen LogP contribution in [0.1, 0.15) is 39.0 Å². The van der Waals surface area contributed by atoms with Gasteiger partial charge >= 0.3 is 0 Å². The van der Waals surface area contributed by atoms with E-state index in [0.717, 1.165) is 45.2 Å². The van der Waals surface area contributed by atoms with E-state index >= 15 is 0 Å². The molecular formula is C18H29Cl2N3O. The summed E-state index contributed by atoms with van der Waals surface area (Å²) in [4.78, 5) is 14.9. The maximum Gasteiger partial charge on any atom is 0.225 e. The van der Waals surface area contributed by atoms with Crippen LogP contribution in [-0.2, 0) is 4.79 Å². The molecule has 4 nitrogen and oxygen atoms in total. The fraction of sp³-hybridized carbons (Fsp3) is 0.611. The van der Waals surface area contributed by atoms with Crippen LogP contribution < -0.4 is 16.0 Å². The predicted octanol–water partition coefficient (Wildman–Crippen LogP) is 3.13. The zero-order valence-corrected chi connectivity index (χ0v) is 15.9. The highest BCUT2D eigenvalue weighted by Crippen LogP contribution is 2.32. The Morgan fingerprint density at radius 2 is 1.92 bits per heavy atom.